The maximum atomic E-state index is 13.6. The van der Waals surface area contributed by atoms with E-state index in [4.69, 9.17) is 24.9 Å². The molecule has 0 radical (unpaired) electrons. The van der Waals surface area contributed by atoms with Gasteiger partial charge in [-0.3, -0.25) is 0 Å². The van der Waals surface area contributed by atoms with Gasteiger partial charge in [-0.05, 0) is 32.9 Å². The van der Waals surface area contributed by atoms with Gasteiger partial charge < -0.3 is 13.3 Å². The van der Waals surface area contributed by atoms with E-state index in [0.29, 0.717) is 25.0 Å². The van der Waals surface area contributed by atoms with Crippen molar-refractivity contribution in [2.75, 3.05) is 19.8 Å². The minimum absolute atomic E-state index is 0.0751. The quantitative estimate of drug-likeness (QED) is 0.723. The van der Waals surface area contributed by atoms with Crippen LogP contribution in [0.3, 0.4) is 0 Å². The summed E-state index contributed by atoms with van der Waals surface area (Å²) in [6.07, 6.45) is 0. The zero-order chi connectivity index (χ0) is 13.6. The van der Waals surface area contributed by atoms with Gasteiger partial charge in [0.2, 0.25) is 0 Å². The Morgan fingerprint density at radius 1 is 1.06 bits per heavy atom. The topological polar surface area (TPSA) is 27.7 Å². The predicted octanol–water partition coefficient (Wildman–Crippen LogP) is 2.73. The van der Waals surface area contributed by atoms with Crippen LogP contribution in [0.5, 0.6) is 0 Å². The van der Waals surface area contributed by atoms with E-state index in [-0.39, 0.29) is 5.02 Å². The van der Waals surface area contributed by atoms with Crippen molar-refractivity contribution in [1.82, 2.24) is 0 Å². The van der Waals surface area contributed by atoms with E-state index in [2.05, 4.69) is 0 Å². The fourth-order valence-corrected chi connectivity index (χ4v) is 4.23. The Hall–Kier alpha value is -0.463. The first-order chi connectivity index (χ1) is 8.59. The van der Waals surface area contributed by atoms with E-state index in [0.717, 1.165) is 0 Å². The van der Waals surface area contributed by atoms with Crippen molar-refractivity contribution in [3.63, 3.8) is 0 Å². The molecular weight excluding hydrogens is 275 g/mol. The van der Waals surface area contributed by atoms with Gasteiger partial charge in [0.15, 0.2) is 0 Å². The Balaban J connectivity index is 3.16. The van der Waals surface area contributed by atoms with Crippen LogP contribution < -0.4 is 5.19 Å². The Labute approximate surface area is 113 Å². The highest BCUT2D eigenvalue weighted by atomic mass is 35.5. The highest BCUT2D eigenvalue weighted by Crippen LogP contribution is 2.16. The van der Waals surface area contributed by atoms with Crippen molar-refractivity contribution >= 4 is 25.6 Å². The van der Waals surface area contributed by atoms with Gasteiger partial charge in [0.05, 0.1) is 5.02 Å². The first kappa shape index (κ1) is 15.6. The molecule has 6 heteroatoms. The number of halogens is 2. The number of benzene rings is 1. The summed E-state index contributed by atoms with van der Waals surface area (Å²) < 4.78 is 30.6. The summed E-state index contributed by atoms with van der Waals surface area (Å²) in [6, 6.07) is 4.51. The SMILES string of the molecule is CCO[Si](OCC)(OCC)c1ccc(Cl)c(F)c1. The molecule has 0 spiro atoms. The van der Waals surface area contributed by atoms with Gasteiger partial charge in [0.25, 0.3) is 0 Å². The van der Waals surface area contributed by atoms with Gasteiger partial charge in [-0.25, -0.2) is 4.39 Å². The molecule has 3 nitrogen and oxygen atoms in total. The van der Waals surface area contributed by atoms with E-state index in [1.807, 2.05) is 20.8 Å². The molecule has 0 fully saturated rings. The van der Waals surface area contributed by atoms with Crippen LogP contribution in [0.1, 0.15) is 20.8 Å². The molecule has 0 unspecified atom stereocenters. The summed E-state index contributed by atoms with van der Waals surface area (Å²) in [4.78, 5) is 0. The second kappa shape index (κ2) is 7.21. The van der Waals surface area contributed by atoms with Crippen LogP contribution in [-0.2, 0) is 13.3 Å². The molecule has 1 aromatic carbocycles. The normalized spacial score (nSPS) is 11.8. The van der Waals surface area contributed by atoms with Gasteiger partial charge in [-0.15, -0.1) is 0 Å². The number of hydrogen-bond donors (Lipinski definition) is 0. The predicted molar refractivity (Wildman–Crippen MR) is 71.7 cm³/mol. The summed E-state index contributed by atoms with van der Waals surface area (Å²) in [5.41, 5.74) is 0. The Bertz CT molecular complexity index is 373. The number of rotatable bonds is 7. The largest absolute Gasteiger partial charge is 0.537 e. The fraction of sp³-hybridized carbons (Fsp3) is 0.500. The molecule has 0 amide bonds. The van der Waals surface area contributed by atoms with Crippen molar-refractivity contribution in [2.45, 2.75) is 20.8 Å². The average Bonchev–Trinajstić information content (AvgIpc) is 2.33. The van der Waals surface area contributed by atoms with E-state index < -0.39 is 14.6 Å². The lowest BCUT2D eigenvalue weighted by Crippen LogP contribution is -2.57. The molecule has 1 aromatic rings. The molecule has 0 saturated heterocycles. The van der Waals surface area contributed by atoms with Crippen molar-refractivity contribution in [2.24, 2.45) is 0 Å². The second-order valence-corrected chi connectivity index (χ2v) is 6.45. The zero-order valence-corrected chi connectivity index (χ0v) is 12.6. The Morgan fingerprint density at radius 2 is 1.56 bits per heavy atom. The van der Waals surface area contributed by atoms with Crippen LogP contribution >= 0.6 is 11.6 Å². The molecule has 102 valence electrons. The summed E-state index contributed by atoms with van der Waals surface area (Å²) in [6.45, 7) is 6.88. The van der Waals surface area contributed by atoms with Crippen molar-refractivity contribution in [3.05, 3.63) is 29.0 Å². The molecule has 0 aliphatic heterocycles. The number of hydrogen-bond acceptors (Lipinski definition) is 3. The minimum atomic E-state index is -3.02. The summed E-state index contributed by atoms with van der Waals surface area (Å²) in [5, 5.41) is 0.668. The lowest BCUT2D eigenvalue weighted by Gasteiger charge is -2.28. The third kappa shape index (κ3) is 3.52. The lowest BCUT2D eigenvalue weighted by molar-refractivity contribution is 0.0858. The van der Waals surface area contributed by atoms with E-state index in [1.165, 1.54) is 12.1 Å². The molecule has 0 saturated carbocycles. The first-order valence-electron chi connectivity index (χ1n) is 5.97. The molecule has 0 heterocycles. The molecule has 0 bridgehead atoms. The average molecular weight is 293 g/mol. The van der Waals surface area contributed by atoms with E-state index in [9.17, 15) is 4.39 Å². The van der Waals surface area contributed by atoms with Crippen LogP contribution in [0.4, 0.5) is 4.39 Å². The summed E-state index contributed by atoms with van der Waals surface area (Å²) in [5.74, 6) is -0.495. The maximum absolute atomic E-state index is 13.6. The summed E-state index contributed by atoms with van der Waals surface area (Å²) >= 11 is 5.68. The molecule has 0 aliphatic rings. The summed E-state index contributed by atoms with van der Waals surface area (Å²) in [7, 11) is -3.02. The molecular formula is C12H18ClFO3Si. The van der Waals surface area contributed by atoms with Crippen LogP contribution in [0.2, 0.25) is 5.02 Å². The van der Waals surface area contributed by atoms with Gasteiger partial charge >= 0.3 is 8.80 Å². The Morgan fingerprint density at radius 3 is 1.94 bits per heavy atom. The fourth-order valence-electron chi connectivity index (χ4n) is 1.63. The van der Waals surface area contributed by atoms with Crippen molar-refractivity contribution in [1.29, 1.82) is 0 Å². The van der Waals surface area contributed by atoms with E-state index >= 15 is 0 Å². The van der Waals surface area contributed by atoms with Crippen molar-refractivity contribution in [3.8, 4) is 0 Å². The lowest BCUT2D eigenvalue weighted by atomic mass is 10.3. The van der Waals surface area contributed by atoms with Gasteiger partial charge in [0, 0.05) is 25.0 Å². The van der Waals surface area contributed by atoms with Crippen LogP contribution in [-0.4, -0.2) is 28.6 Å². The van der Waals surface area contributed by atoms with Crippen LogP contribution in [0.15, 0.2) is 18.2 Å². The monoisotopic (exact) mass is 292 g/mol. The van der Waals surface area contributed by atoms with E-state index in [1.54, 1.807) is 6.07 Å². The van der Waals surface area contributed by atoms with Gasteiger partial charge in [-0.1, -0.05) is 17.7 Å². The third-order valence-corrected chi connectivity index (χ3v) is 5.61. The van der Waals surface area contributed by atoms with Crippen LogP contribution in [0, 0.1) is 5.82 Å². The van der Waals surface area contributed by atoms with Crippen molar-refractivity contribution < 1.29 is 17.7 Å². The standard InChI is InChI=1S/C12H18ClFO3Si/c1-4-15-18(16-5-2,17-6-3)10-7-8-11(13)12(14)9-10/h7-9H,4-6H2,1-3H3. The van der Waals surface area contributed by atoms with Gasteiger partial charge in [0.1, 0.15) is 5.82 Å². The highest BCUT2D eigenvalue weighted by molar-refractivity contribution is 6.75. The molecule has 0 atom stereocenters. The molecule has 0 N–H and O–H groups in total. The highest BCUT2D eigenvalue weighted by Gasteiger charge is 2.43. The third-order valence-electron chi connectivity index (χ3n) is 2.28. The maximum Gasteiger partial charge on any atom is 0.537 e. The molecule has 0 aliphatic carbocycles. The molecule has 1 rings (SSSR count). The molecule has 18 heavy (non-hydrogen) atoms. The molecule has 0 aromatic heterocycles. The second-order valence-electron chi connectivity index (χ2n) is 3.48. The zero-order valence-electron chi connectivity index (χ0n) is 10.8. The Kier molecular flexibility index (Phi) is 6.24. The van der Waals surface area contributed by atoms with Gasteiger partial charge in [-0.2, -0.15) is 0 Å². The smallest absolute Gasteiger partial charge is 0.370 e. The van der Waals surface area contributed by atoms with Crippen LogP contribution in [0.25, 0.3) is 0 Å². The minimum Gasteiger partial charge on any atom is -0.370 e. The first-order valence-corrected chi connectivity index (χ1v) is 8.07.